The Balaban J connectivity index is 1.93. The second kappa shape index (κ2) is 8.43. The largest absolute Gasteiger partial charge is 0.462 e. The molecule has 0 radical (unpaired) electrons. The molecule has 3 aromatic rings. The average Bonchev–Trinajstić information content (AvgIpc) is 3.00. The molecule has 8 heteroatoms. The number of aromatic amines is 1. The van der Waals surface area contributed by atoms with Gasteiger partial charge in [-0.2, -0.15) is 0 Å². The molecule has 1 N–H and O–H groups in total. The Hall–Kier alpha value is -2.22. The predicted octanol–water partition coefficient (Wildman–Crippen LogP) is 4.32. The number of H-pyrrole nitrogens is 1. The minimum Gasteiger partial charge on any atom is -0.462 e. The number of rotatable bonds is 6. The van der Waals surface area contributed by atoms with E-state index >= 15 is 0 Å². The second-order valence-corrected chi connectivity index (χ2v) is 8.00. The molecular weight excluding hydrogens is 398 g/mol. The van der Waals surface area contributed by atoms with E-state index < -0.39 is 5.97 Å². The molecule has 0 aliphatic rings. The van der Waals surface area contributed by atoms with Gasteiger partial charge in [0.1, 0.15) is 15.5 Å². The summed E-state index contributed by atoms with van der Waals surface area (Å²) in [7, 11) is 1.95. The van der Waals surface area contributed by atoms with Crippen LogP contribution < -0.4 is 5.56 Å². The molecule has 0 fully saturated rings. The molecule has 148 valence electrons. The minimum atomic E-state index is -0.423. The molecule has 0 saturated carbocycles. The van der Waals surface area contributed by atoms with Crippen LogP contribution in [-0.4, -0.2) is 34.5 Å². The van der Waals surface area contributed by atoms with Crippen molar-refractivity contribution in [1.82, 2.24) is 14.9 Å². The third kappa shape index (κ3) is 3.97. The summed E-state index contributed by atoms with van der Waals surface area (Å²) in [5.41, 5.74) is 1.36. The van der Waals surface area contributed by atoms with E-state index in [9.17, 15) is 9.59 Å². The van der Waals surface area contributed by atoms with Gasteiger partial charge in [0.15, 0.2) is 0 Å². The fourth-order valence-corrected chi connectivity index (χ4v) is 4.27. The Labute approximate surface area is 172 Å². The molecule has 2 heterocycles. The standard InChI is InChI=1S/C20H22ClN3O3S/c1-5-27-20(26)16-11(2)15-18(25)22-17(23-19(15)28-16)12(3)24(4)10-13-8-6-7-9-14(13)21/h6-9,12H,5,10H2,1-4H3,(H,22,23,25)/t12-/m1/s1. The number of hydrogen-bond donors (Lipinski definition) is 1. The lowest BCUT2D eigenvalue weighted by atomic mass is 10.1. The molecule has 6 nitrogen and oxygen atoms in total. The van der Waals surface area contributed by atoms with E-state index in [-0.39, 0.29) is 18.2 Å². The van der Waals surface area contributed by atoms with E-state index in [1.165, 1.54) is 11.3 Å². The quantitative estimate of drug-likeness (QED) is 0.602. The van der Waals surface area contributed by atoms with Gasteiger partial charge in [-0.05, 0) is 45.0 Å². The van der Waals surface area contributed by atoms with Crippen LogP contribution in [0.3, 0.4) is 0 Å². The molecule has 0 aliphatic heterocycles. The van der Waals surface area contributed by atoms with Gasteiger partial charge in [-0.3, -0.25) is 9.69 Å². The van der Waals surface area contributed by atoms with Gasteiger partial charge < -0.3 is 9.72 Å². The van der Waals surface area contributed by atoms with Gasteiger partial charge in [-0.15, -0.1) is 11.3 Å². The molecular formula is C20H22ClN3O3S. The van der Waals surface area contributed by atoms with Crippen molar-refractivity contribution in [1.29, 1.82) is 0 Å². The highest BCUT2D eigenvalue weighted by Crippen LogP contribution is 2.29. The van der Waals surface area contributed by atoms with E-state index in [1.807, 2.05) is 38.2 Å². The van der Waals surface area contributed by atoms with E-state index in [2.05, 4.69) is 14.9 Å². The summed E-state index contributed by atoms with van der Waals surface area (Å²) in [5, 5.41) is 1.14. The summed E-state index contributed by atoms with van der Waals surface area (Å²) >= 11 is 7.45. The van der Waals surface area contributed by atoms with Crippen LogP contribution in [0, 0.1) is 6.92 Å². The number of nitrogens with zero attached hydrogens (tertiary/aromatic N) is 2. The van der Waals surface area contributed by atoms with Gasteiger partial charge in [0.05, 0.1) is 18.0 Å². The molecule has 3 rings (SSSR count). The van der Waals surface area contributed by atoms with Crippen LogP contribution in [0.4, 0.5) is 0 Å². The fourth-order valence-electron chi connectivity index (χ4n) is 2.99. The average molecular weight is 420 g/mol. The lowest BCUT2D eigenvalue weighted by Gasteiger charge is -2.24. The number of thiophene rings is 1. The maximum atomic E-state index is 12.7. The van der Waals surface area contributed by atoms with Crippen LogP contribution in [0.2, 0.25) is 5.02 Å². The lowest BCUT2D eigenvalue weighted by molar-refractivity contribution is 0.0531. The fraction of sp³-hybridized carbons (Fsp3) is 0.350. The van der Waals surface area contributed by atoms with Crippen LogP contribution in [0.25, 0.3) is 10.2 Å². The molecule has 0 unspecified atom stereocenters. The second-order valence-electron chi connectivity index (χ2n) is 6.59. The molecule has 0 aliphatic carbocycles. The molecule has 28 heavy (non-hydrogen) atoms. The number of carbonyl (C=O) groups is 1. The van der Waals surface area contributed by atoms with E-state index in [0.717, 1.165) is 5.56 Å². The summed E-state index contributed by atoms with van der Waals surface area (Å²) in [6, 6.07) is 7.51. The van der Waals surface area contributed by atoms with Gasteiger partial charge in [0.2, 0.25) is 0 Å². The molecule has 0 saturated heterocycles. The minimum absolute atomic E-state index is 0.151. The topological polar surface area (TPSA) is 75.3 Å². The first-order chi connectivity index (χ1) is 13.3. The Morgan fingerprint density at radius 1 is 1.39 bits per heavy atom. The number of nitrogens with one attached hydrogen (secondary N) is 1. The molecule has 0 bridgehead atoms. The first-order valence-corrected chi connectivity index (χ1v) is 10.2. The van der Waals surface area contributed by atoms with E-state index in [0.29, 0.717) is 38.0 Å². The van der Waals surface area contributed by atoms with Gasteiger partial charge in [-0.1, -0.05) is 29.8 Å². The van der Waals surface area contributed by atoms with Crippen molar-refractivity contribution < 1.29 is 9.53 Å². The van der Waals surface area contributed by atoms with Crippen molar-refractivity contribution in [2.45, 2.75) is 33.4 Å². The van der Waals surface area contributed by atoms with Crippen LogP contribution in [0.5, 0.6) is 0 Å². The number of ether oxygens (including phenoxy) is 1. The molecule has 1 atom stereocenters. The Morgan fingerprint density at radius 2 is 2.11 bits per heavy atom. The van der Waals surface area contributed by atoms with Crippen LogP contribution in [-0.2, 0) is 11.3 Å². The highest BCUT2D eigenvalue weighted by atomic mass is 35.5. The van der Waals surface area contributed by atoms with Gasteiger partial charge in [0, 0.05) is 11.6 Å². The Morgan fingerprint density at radius 3 is 2.79 bits per heavy atom. The molecule has 1 aromatic carbocycles. The highest BCUT2D eigenvalue weighted by molar-refractivity contribution is 7.20. The Bertz CT molecular complexity index is 1080. The summed E-state index contributed by atoms with van der Waals surface area (Å²) in [6.07, 6.45) is 0. The zero-order chi connectivity index (χ0) is 20.4. The van der Waals surface area contributed by atoms with Crippen molar-refractivity contribution in [2.24, 2.45) is 0 Å². The van der Waals surface area contributed by atoms with Crippen molar-refractivity contribution in [3.63, 3.8) is 0 Å². The molecule has 0 amide bonds. The third-order valence-corrected chi connectivity index (χ3v) is 6.25. The first-order valence-electron chi connectivity index (χ1n) is 8.97. The zero-order valence-electron chi connectivity index (χ0n) is 16.2. The zero-order valence-corrected chi connectivity index (χ0v) is 17.8. The summed E-state index contributed by atoms with van der Waals surface area (Å²) in [6.45, 7) is 6.36. The third-order valence-electron chi connectivity index (χ3n) is 4.71. The number of halogens is 1. The highest BCUT2D eigenvalue weighted by Gasteiger charge is 2.22. The number of hydrogen-bond acceptors (Lipinski definition) is 6. The van der Waals surface area contributed by atoms with Crippen LogP contribution >= 0.6 is 22.9 Å². The molecule has 2 aromatic heterocycles. The molecule has 0 spiro atoms. The van der Waals surface area contributed by atoms with Crippen LogP contribution in [0.15, 0.2) is 29.1 Å². The van der Waals surface area contributed by atoms with Crippen molar-refractivity contribution in [3.8, 4) is 0 Å². The number of aromatic nitrogens is 2. The first kappa shape index (κ1) is 20.5. The lowest BCUT2D eigenvalue weighted by Crippen LogP contribution is -2.26. The Kier molecular flexibility index (Phi) is 6.17. The maximum absolute atomic E-state index is 12.7. The number of benzene rings is 1. The monoisotopic (exact) mass is 419 g/mol. The predicted molar refractivity (Wildman–Crippen MR) is 112 cm³/mol. The van der Waals surface area contributed by atoms with E-state index in [1.54, 1.807) is 13.8 Å². The summed E-state index contributed by atoms with van der Waals surface area (Å²) in [4.78, 5) is 35.3. The smallest absolute Gasteiger partial charge is 0.348 e. The van der Waals surface area contributed by atoms with Crippen molar-refractivity contribution >= 4 is 39.1 Å². The van der Waals surface area contributed by atoms with Gasteiger partial charge in [0.25, 0.3) is 5.56 Å². The number of fused-ring (bicyclic) bond motifs is 1. The SMILES string of the molecule is CCOC(=O)c1sc2nc([C@@H](C)N(C)Cc3ccccc3Cl)[nH]c(=O)c2c1C. The number of esters is 1. The number of aryl methyl sites for hydroxylation is 1. The summed E-state index contributed by atoms with van der Waals surface area (Å²) in [5.74, 6) is 0.122. The normalized spacial score (nSPS) is 12.5. The summed E-state index contributed by atoms with van der Waals surface area (Å²) < 4.78 is 5.08. The van der Waals surface area contributed by atoms with Gasteiger partial charge >= 0.3 is 5.97 Å². The number of carbonyl (C=O) groups excluding carboxylic acids is 1. The van der Waals surface area contributed by atoms with Crippen LogP contribution in [0.1, 0.15) is 46.5 Å². The van der Waals surface area contributed by atoms with E-state index in [4.69, 9.17) is 16.3 Å². The van der Waals surface area contributed by atoms with Crippen molar-refractivity contribution in [2.75, 3.05) is 13.7 Å². The maximum Gasteiger partial charge on any atom is 0.348 e. The van der Waals surface area contributed by atoms with Gasteiger partial charge in [-0.25, -0.2) is 9.78 Å². The van der Waals surface area contributed by atoms with Crippen molar-refractivity contribution in [3.05, 3.63) is 61.5 Å².